The van der Waals surface area contributed by atoms with Gasteiger partial charge in [-0.05, 0) is 41.8 Å². The summed E-state index contributed by atoms with van der Waals surface area (Å²) in [7, 11) is -3.91. The summed E-state index contributed by atoms with van der Waals surface area (Å²) in [6.07, 6.45) is 1.99. The number of anilines is 1. The highest BCUT2D eigenvalue weighted by Gasteiger charge is 2.31. The number of hydrogen-bond acceptors (Lipinski definition) is 4. The highest BCUT2D eigenvalue weighted by molar-refractivity contribution is 7.90. The average Bonchev–Trinajstić information content (AvgIpc) is 2.75. The Bertz CT molecular complexity index is 1260. The Morgan fingerprint density at radius 1 is 1.00 bits per heavy atom. The van der Waals surface area contributed by atoms with Crippen LogP contribution in [-0.2, 0) is 16.6 Å². The van der Waals surface area contributed by atoms with Crippen LogP contribution in [0.4, 0.5) is 14.5 Å². The number of nitrogens with zero attached hydrogens (tertiary/aromatic N) is 2. The Kier molecular flexibility index (Phi) is 5.69. The number of aromatic nitrogens is 1. The molecule has 1 aliphatic heterocycles. The van der Waals surface area contributed by atoms with E-state index in [9.17, 15) is 17.2 Å². The minimum atomic E-state index is -3.91. The number of aliphatic imine (C=N–C) groups is 1. The SMILES string of the molecule is CC[C@H](c1ccccc1F)c1cccc2c1NC(=NCc1ncccc1F)NS2(=O)=O. The second-order valence-electron chi connectivity index (χ2n) is 7.03. The van der Waals surface area contributed by atoms with E-state index in [1.807, 2.05) is 6.92 Å². The van der Waals surface area contributed by atoms with Gasteiger partial charge in [-0.25, -0.2) is 26.9 Å². The van der Waals surface area contributed by atoms with Crippen molar-refractivity contribution in [2.24, 2.45) is 4.99 Å². The molecule has 0 amide bonds. The molecule has 2 N–H and O–H groups in total. The van der Waals surface area contributed by atoms with Gasteiger partial charge in [0.1, 0.15) is 16.5 Å². The van der Waals surface area contributed by atoms with Crippen molar-refractivity contribution in [1.82, 2.24) is 9.71 Å². The lowest BCUT2D eigenvalue weighted by atomic mass is 9.87. The van der Waals surface area contributed by atoms with Crippen LogP contribution in [0, 0.1) is 11.6 Å². The van der Waals surface area contributed by atoms with E-state index < -0.39 is 15.8 Å². The molecule has 1 atom stereocenters. The first-order valence-corrected chi connectivity index (χ1v) is 11.2. The molecule has 0 saturated carbocycles. The zero-order chi connectivity index (χ0) is 22.0. The molecule has 160 valence electrons. The van der Waals surface area contributed by atoms with E-state index in [1.165, 1.54) is 30.5 Å². The summed E-state index contributed by atoms with van der Waals surface area (Å²) in [6, 6.07) is 14.0. The van der Waals surface area contributed by atoms with Gasteiger partial charge in [0, 0.05) is 12.1 Å². The molecule has 6 nitrogen and oxygen atoms in total. The fourth-order valence-corrected chi connectivity index (χ4v) is 4.82. The lowest BCUT2D eigenvalue weighted by molar-refractivity contribution is 0.588. The van der Waals surface area contributed by atoms with Crippen molar-refractivity contribution in [3.63, 3.8) is 0 Å². The Morgan fingerprint density at radius 3 is 2.48 bits per heavy atom. The van der Waals surface area contributed by atoms with Gasteiger partial charge in [-0.2, -0.15) is 0 Å². The van der Waals surface area contributed by atoms with Gasteiger partial charge in [-0.3, -0.25) is 4.98 Å². The van der Waals surface area contributed by atoms with Crippen LogP contribution in [0.3, 0.4) is 0 Å². The topological polar surface area (TPSA) is 83.4 Å². The van der Waals surface area contributed by atoms with Gasteiger partial charge in [-0.15, -0.1) is 0 Å². The van der Waals surface area contributed by atoms with E-state index >= 15 is 0 Å². The van der Waals surface area contributed by atoms with E-state index in [0.29, 0.717) is 23.2 Å². The Morgan fingerprint density at radius 2 is 1.74 bits per heavy atom. The number of nitrogens with one attached hydrogen (secondary N) is 2. The molecule has 0 fully saturated rings. The third-order valence-electron chi connectivity index (χ3n) is 5.11. The van der Waals surface area contributed by atoms with E-state index in [2.05, 4.69) is 20.0 Å². The van der Waals surface area contributed by atoms with E-state index in [1.54, 1.807) is 30.3 Å². The third-order valence-corrected chi connectivity index (χ3v) is 6.49. The summed E-state index contributed by atoms with van der Waals surface area (Å²) in [4.78, 5) is 8.13. The maximum Gasteiger partial charge on any atom is 0.266 e. The summed E-state index contributed by atoms with van der Waals surface area (Å²) in [6.45, 7) is 1.75. The largest absolute Gasteiger partial charge is 0.324 e. The quantitative estimate of drug-likeness (QED) is 0.622. The smallest absolute Gasteiger partial charge is 0.266 e. The molecule has 0 bridgehead atoms. The van der Waals surface area contributed by atoms with E-state index in [-0.39, 0.29) is 34.8 Å². The normalized spacial score (nSPS) is 16.8. The van der Waals surface area contributed by atoms with Crippen LogP contribution in [-0.4, -0.2) is 19.4 Å². The summed E-state index contributed by atoms with van der Waals surface area (Å²) < 4.78 is 56.4. The van der Waals surface area contributed by atoms with Crippen molar-refractivity contribution < 1.29 is 17.2 Å². The maximum absolute atomic E-state index is 14.5. The molecule has 31 heavy (non-hydrogen) atoms. The van der Waals surface area contributed by atoms with Crippen LogP contribution >= 0.6 is 0 Å². The number of fused-ring (bicyclic) bond motifs is 1. The molecule has 1 aromatic heterocycles. The van der Waals surface area contributed by atoms with Gasteiger partial charge in [-0.1, -0.05) is 37.3 Å². The van der Waals surface area contributed by atoms with E-state index in [0.717, 1.165) is 0 Å². The molecule has 1 aliphatic rings. The first-order valence-electron chi connectivity index (χ1n) is 9.71. The van der Waals surface area contributed by atoms with Crippen molar-refractivity contribution in [3.8, 4) is 0 Å². The van der Waals surface area contributed by atoms with Crippen LogP contribution < -0.4 is 10.0 Å². The van der Waals surface area contributed by atoms with Crippen LogP contribution in [0.5, 0.6) is 0 Å². The molecular formula is C22H20F2N4O2S. The minimum Gasteiger partial charge on any atom is -0.324 e. The molecular weight excluding hydrogens is 422 g/mol. The molecule has 0 aliphatic carbocycles. The second-order valence-corrected chi connectivity index (χ2v) is 8.68. The van der Waals surface area contributed by atoms with Gasteiger partial charge in [0.2, 0.25) is 5.96 Å². The number of hydrogen-bond donors (Lipinski definition) is 2. The number of para-hydroxylation sites is 1. The van der Waals surface area contributed by atoms with Crippen LogP contribution in [0.15, 0.2) is 70.7 Å². The van der Waals surface area contributed by atoms with Crippen LogP contribution in [0.1, 0.15) is 36.1 Å². The van der Waals surface area contributed by atoms with Crippen LogP contribution in [0.2, 0.25) is 0 Å². The number of benzene rings is 2. The predicted molar refractivity (Wildman–Crippen MR) is 114 cm³/mol. The number of pyridine rings is 1. The van der Waals surface area contributed by atoms with Crippen molar-refractivity contribution in [1.29, 1.82) is 0 Å². The lowest BCUT2D eigenvalue weighted by Crippen LogP contribution is -2.41. The minimum absolute atomic E-state index is 0.0442. The highest BCUT2D eigenvalue weighted by Crippen LogP contribution is 2.38. The van der Waals surface area contributed by atoms with Gasteiger partial charge in [0.25, 0.3) is 10.0 Å². The van der Waals surface area contributed by atoms with Crippen LogP contribution in [0.25, 0.3) is 0 Å². The number of guanidine groups is 1. The van der Waals surface area contributed by atoms with Gasteiger partial charge >= 0.3 is 0 Å². The summed E-state index contributed by atoms with van der Waals surface area (Å²) in [5.41, 5.74) is 1.53. The fraction of sp³-hybridized carbons (Fsp3) is 0.182. The Labute approximate surface area is 179 Å². The summed E-state index contributed by atoms with van der Waals surface area (Å²) in [5, 5.41) is 3.00. The van der Waals surface area contributed by atoms with E-state index in [4.69, 9.17) is 0 Å². The summed E-state index contributed by atoms with van der Waals surface area (Å²) in [5.74, 6) is -1.31. The Balaban J connectivity index is 1.76. The van der Waals surface area contributed by atoms with Gasteiger partial charge in [0.05, 0.1) is 17.9 Å². The fourth-order valence-electron chi connectivity index (χ4n) is 3.65. The van der Waals surface area contributed by atoms with Crippen molar-refractivity contribution in [2.45, 2.75) is 30.7 Å². The first kappa shape index (κ1) is 20.9. The van der Waals surface area contributed by atoms with Crippen molar-refractivity contribution >= 4 is 21.7 Å². The monoisotopic (exact) mass is 442 g/mol. The summed E-state index contributed by atoms with van der Waals surface area (Å²) >= 11 is 0. The van der Waals surface area contributed by atoms with Crippen molar-refractivity contribution in [3.05, 3.63) is 89.2 Å². The standard InChI is InChI=1S/C22H20F2N4O2S/c1-2-14(15-7-3-4-9-17(15)23)16-8-5-11-20-21(16)27-22(28-31(20,29)30)26-13-19-18(24)10-6-12-25-19/h3-12,14H,2,13H2,1H3,(H2,26,27,28)/t14-/m1/s1. The molecule has 3 aromatic rings. The molecule has 0 radical (unpaired) electrons. The molecule has 9 heteroatoms. The zero-order valence-corrected chi connectivity index (χ0v) is 17.5. The first-order chi connectivity index (χ1) is 14.9. The maximum atomic E-state index is 14.5. The molecule has 2 aromatic carbocycles. The molecule has 0 saturated heterocycles. The molecule has 4 rings (SSSR count). The molecule has 0 spiro atoms. The number of sulfonamides is 1. The highest BCUT2D eigenvalue weighted by atomic mass is 32.2. The predicted octanol–water partition coefficient (Wildman–Crippen LogP) is 4.16. The second kappa shape index (κ2) is 8.43. The number of halogens is 2. The van der Waals surface area contributed by atoms with Gasteiger partial charge in [0.15, 0.2) is 0 Å². The third kappa shape index (κ3) is 4.13. The van der Waals surface area contributed by atoms with Gasteiger partial charge < -0.3 is 5.32 Å². The molecule has 0 unspecified atom stereocenters. The zero-order valence-electron chi connectivity index (χ0n) is 16.6. The molecule has 2 heterocycles. The average molecular weight is 442 g/mol. The number of rotatable bonds is 5. The lowest BCUT2D eigenvalue weighted by Gasteiger charge is -2.27. The Hall–Kier alpha value is -3.33. The van der Waals surface area contributed by atoms with Crippen molar-refractivity contribution in [2.75, 3.05) is 5.32 Å².